The molecule has 0 unspecified atom stereocenters. The van der Waals surface area contributed by atoms with Crippen molar-refractivity contribution in [1.29, 1.82) is 0 Å². The van der Waals surface area contributed by atoms with Gasteiger partial charge in [0.1, 0.15) is 0 Å². The van der Waals surface area contributed by atoms with E-state index in [0.717, 1.165) is 0 Å². The van der Waals surface area contributed by atoms with E-state index in [1.807, 2.05) is 0 Å². The summed E-state index contributed by atoms with van der Waals surface area (Å²) in [6.45, 7) is 3.15. The maximum Gasteiger partial charge on any atom is 0.0662 e. The first-order valence-electron chi connectivity index (χ1n) is 3.53. The van der Waals surface area contributed by atoms with Crippen molar-refractivity contribution in [2.24, 2.45) is 0 Å². The molecule has 11 heavy (non-hydrogen) atoms. The Morgan fingerprint density at radius 2 is 1.27 bits per heavy atom. The third-order valence-electron chi connectivity index (χ3n) is 0.824. The lowest BCUT2D eigenvalue weighted by atomic mass is 10.1. The van der Waals surface area contributed by atoms with Crippen LogP contribution in [-0.2, 0) is 0 Å². The third kappa shape index (κ3) is 25.8. The summed E-state index contributed by atoms with van der Waals surface area (Å²) in [4.78, 5) is 0. The van der Waals surface area contributed by atoms with Crippen LogP contribution in [0.1, 0.15) is 20.3 Å². The number of rotatable bonds is 3. The Labute approximate surface area is 67.1 Å². The first kappa shape index (κ1) is 13.4. The first-order valence-corrected chi connectivity index (χ1v) is 3.53. The van der Waals surface area contributed by atoms with E-state index in [0.29, 0.717) is 6.42 Å². The molecule has 0 aromatic heterocycles. The highest BCUT2D eigenvalue weighted by Gasteiger charge is 2.09. The first-order chi connectivity index (χ1) is 4.97. The molecular formula is C7H18O4. The number of aliphatic hydroxyl groups is 4. The Morgan fingerprint density at radius 3 is 1.27 bits per heavy atom. The summed E-state index contributed by atoms with van der Waals surface area (Å²) in [6, 6.07) is 0. The molecule has 0 aromatic rings. The molecule has 70 valence electrons. The second-order valence-corrected chi connectivity index (χ2v) is 2.73. The van der Waals surface area contributed by atoms with Gasteiger partial charge in [-0.15, -0.1) is 0 Å². The normalized spacial score (nSPS) is 10.4. The summed E-state index contributed by atoms with van der Waals surface area (Å²) in [5, 5.41) is 32.3. The predicted octanol–water partition coefficient (Wildman–Crippen LogP) is -0.889. The van der Waals surface area contributed by atoms with Crippen LogP contribution in [0.15, 0.2) is 0 Å². The van der Waals surface area contributed by atoms with E-state index in [1.165, 1.54) is 0 Å². The number of aliphatic hydroxyl groups excluding tert-OH is 3. The molecule has 4 nitrogen and oxygen atoms in total. The SMILES string of the molecule is CC(C)(O)CCO.OCCO. The zero-order chi connectivity index (χ0) is 9.33. The quantitative estimate of drug-likeness (QED) is 0.438. The van der Waals surface area contributed by atoms with Crippen LogP contribution in [0.3, 0.4) is 0 Å². The fourth-order valence-corrected chi connectivity index (χ4v) is 0.274. The van der Waals surface area contributed by atoms with Gasteiger partial charge in [0.25, 0.3) is 0 Å². The van der Waals surface area contributed by atoms with Crippen LogP contribution >= 0.6 is 0 Å². The van der Waals surface area contributed by atoms with Gasteiger partial charge >= 0.3 is 0 Å². The average molecular weight is 166 g/mol. The largest absolute Gasteiger partial charge is 0.396 e. The molecule has 0 aliphatic rings. The monoisotopic (exact) mass is 166 g/mol. The Bertz CT molecular complexity index is 65.3. The van der Waals surface area contributed by atoms with Crippen molar-refractivity contribution in [2.45, 2.75) is 25.9 Å². The molecule has 0 fully saturated rings. The van der Waals surface area contributed by atoms with E-state index in [4.69, 9.17) is 20.4 Å². The number of hydrogen-bond donors (Lipinski definition) is 4. The van der Waals surface area contributed by atoms with Crippen molar-refractivity contribution >= 4 is 0 Å². The molecule has 4 heteroatoms. The van der Waals surface area contributed by atoms with Gasteiger partial charge in [-0.05, 0) is 20.3 Å². The second kappa shape index (κ2) is 7.94. The maximum absolute atomic E-state index is 8.86. The van der Waals surface area contributed by atoms with Gasteiger partial charge in [0.2, 0.25) is 0 Å². The average Bonchev–Trinajstić information content (AvgIpc) is 1.86. The minimum atomic E-state index is -0.700. The third-order valence-corrected chi connectivity index (χ3v) is 0.824. The Kier molecular flexibility index (Phi) is 9.70. The summed E-state index contributed by atoms with van der Waals surface area (Å²) in [5.41, 5.74) is -0.700. The fraction of sp³-hybridized carbons (Fsp3) is 1.00. The second-order valence-electron chi connectivity index (χ2n) is 2.73. The minimum absolute atomic E-state index is 0.0590. The van der Waals surface area contributed by atoms with Gasteiger partial charge in [-0.2, -0.15) is 0 Å². The highest BCUT2D eigenvalue weighted by atomic mass is 16.3. The van der Waals surface area contributed by atoms with Crippen LogP contribution in [0, 0.1) is 0 Å². The summed E-state index contributed by atoms with van der Waals surface area (Å²) in [5.74, 6) is 0. The molecule has 0 aliphatic heterocycles. The van der Waals surface area contributed by atoms with Gasteiger partial charge in [0, 0.05) is 6.61 Å². The molecule has 0 atom stereocenters. The van der Waals surface area contributed by atoms with Crippen LogP contribution in [0.5, 0.6) is 0 Å². The molecule has 0 spiro atoms. The molecule has 0 aromatic carbocycles. The van der Waals surface area contributed by atoms with Crippen molar-refractivity contribution in [2.75, 3.05) is 19.8 Å². The Morgan fingerprint density at radius 1 is 0.909 bits per heavy atom. The standard InChI is InChI=1S/C5H12O2.C2H6O2/c1-5(2,7)3-4-6;3-1-2-4/h6-7H,3-4H2,1-2H3;3-4H,1-2H2. The van der Waals surface area contributed by atoms with Gasteiger partial charge in [-0.25, -0.2) is 0 Å². The molecule has 0 saturated carbocycles. The summed E-state index contributed by atoms with van der Waals surface area (Å²) >= 11 is 0. The zero-order valence-corrected chi connectivity index (χ0v) is 7.12. The fourth-order valence-electron chi connectivity index (χ4n) is 0.274. The van der Waals surface area contributed by atoms with Crippen LogP contribution < -0.4 is 0 Å². The van der Waals surface area contributed by atoms with Gasteiger partial charge in [-0.1, -0.05) is 0 Å². The Hall–Kier alpha value is -0.160. The molecule has 0 radical (unpaired) electrons. The highest BCUT2D eigenvalue weighted by Crippen LogP contribution is 2.04. The molecular weight excluding hydrogens is 148 g/mol. The van der Waals surface area contributed by atoms with Crippen LogP contribution in [0.4, 0.5) is 0 Å². The van der Waals surface area contributed by atoms with E-state index in [2.05, 4.69) is 0 Å². The van der Waals surface area contributed by atoms with Crippen LogP contribution in [0.25, 0.3) is 0 Å². The minimum Gasteiger partial charge on any atom is -0.396 e. The molecule has 0 rings (SSSR count). The lowest BCUT2D eigenvalue weighted by Gasteiger charge is -2.13. The smallest absolute Gasteiger partial charge is 0.0662 e. The molecule has 0 saturated heterocycles. The summed E-state index contributed by atoms with van der Waals surface area (Å²) in [6.07, 6.45) is 0.451. The van der Waals surface area contributed by atoms with Gasteiger partial charge in [-0.3, -0.25) is 0 Å². The van der Waals surface area contributed by atoms with Crippen molar-refractivity contribution in [3.05, 3.63) is 0 Å². The van der Waals surface area contributed by atoms with E-state index in [9.17, 15) is 0 Å². The Balaban J connectivity index is 0. The van der Waals surface area contributed by atoms with Crippen molar-refractivity contribution in [1.82, 2.24) is 0 Å². The van der Waals surface area contributed by atoms with Gasteiger partial charge in [0.05, 0.1) is 18.8 Å². The summed E-state index contributed by atoms with van der Waals surface area (Å²) in [7, 11) is 0. The van der Waals surface area contributed by atoms with E-state index in [1.54, 1.807) is 13.8 Å². The topological polar surface area (TPSA) is 80.9 Å². The molecule has 0 heterocycles. The van der Waals surface area contributed by atoms with Crippen LogP contribution in [0.2, 0.25) is 0 Å². The van der Waals surface area contributed by atoms with Crippen molar-refractivity contribution in [3.8, 4) is 0 Å². The van der Waals surface area contributed by atoms with Crippen LogP contribution in [-0.4, -0.2) is 45.8 Å². The highest BCUT2D eigenvalue weighted by molar-refractivity contribution is 4.62. The number of hydrogen-bond acceptors (Lipinski definition) is 4. The maximum atomic E-state index is 8.86. The van der Waals surface area contributed by atoms with Gasteiger partial charge < -0.3 is 20.4 Å². The molecule has 0 amide bonds. The zero-order valence-electron chi connectivity index (χ0n) is 7.12. The van der Waals surface area contributed by atoms with E-state index < -0.39 is 5.60 Å². The van der Waals surface area contributed by atoms with E-state index in [-0.39, 0.29) is 19.8 Å². The van der Waals surface area contributed by atoms with E-state index >= 15 is 0 Å². The molecule has 0 bridgehead atoms. The molecule has 4 N–H and O–H groups in total. The molecule has 0 aliphatic carbocycles. The van der Waals surface area contributed by atoms with Crippen molar-refractivity contribution in [3.63, 3.8) is 0 Å². The predicted molar refractivity (Wildman–Crippen MR) is 42.2 cm³/mol. The lowest BCUT2D eigenvalue weighted by molar-refractivity contribution is 0.0515. The lowest BCUT2D eigenvalue weighted by Crippen LogP contribution is -2.19. The summed E-state index contributed by atoms with van der Waals surface area (Å²) < 4.78 is 0. The van der Waals surface area contributed by atoms with Gasteiger partial charge in [0.15, 0.2) is 0 Å². The van der Waals surface area contributed by atoms with Crippen molar-refractivity contribution < 1.29 is 20.4 Å².